The van der Waals surface area contributed by atoms with Gasteiger partial charge >= 0.3 is 0 Å². The normalized spacial score (nSPS) is 14.0. The minimum atomic E-state index is -0.468. The summed E-state index contributed by atoms with van der Waals surface area (Å²) in [5.74, 6) is 0.227. The summed E-state index contributed by atoms with van der Waals surface area (Å²) in [6, 6.07) is 7.51. The summed E-state index contributed by atoms with van der Waals surface area (Å²) < 4.78 is 5.46. The van der Waals surface area contributed by atoms with Crippen molar-refractivity contribution in [3.05, 3.63) is 45.8 Å². The number of hydrogen-bond donors (Lipinski definition) is 2. The molecule has 3 N–H and O–H groups in total. The van der Waals surface area contributed by atoms with E-state index in [9.17, 15) is 9.59 Å². The topological polar surface area (TPSA) is 84.7 Å². The predicted molar refractivity (Wildman–Crippen MR) is 112 cm³/mol. The molecule has 2 amide bonds. The number of rotatable bonds is 8. The van der Waals surface area contributed by atoms with E-state index in [1.165, 1.54) is 16.2 Å². The monoisotopic (exact) mass is 401 g/mol. The highest BCUT2D eigenvalue weighted by Crippen LogP contribution is 2.38. The van der Waals surface area contributed by atoms with E-state index < -0.39 is 5.91 Å². The Morgan fingerprint density at radius 1 is 1.29 bits per heavy atom. The molecule has 0 radical (unpaired) electrons. The first-order valence-electron chi connectivity index (χ1n) is 9.57. The van der Waals surface area contributed by atoms with Crippen molar-refractivity contribution in [2.45, 2.75) is 45.7 Å². The van der Waals surface area contributed by atoms with Crippen LogP contribution in [0.2, 0.25) is 0 Å². The number of ether oxygens (including phenoxy) is 1. The first-order chi connectivity index (χ1) is 13.4. The minimum Gasteiger partial charge on any atom is -0.494 e. The average Bonchev–Trinajstić information content (AvgIpc) is 3.23. The van der Waals surface area contributed by atoms with Crippen LogP contribution < -0.4 is 15.8 Å². The van der Waals surface area contributed by atoms with Gasteiger partial charge in [-0.25, -0.2) is 0 Å². The highest BCUT2D eigenvalue weighted by atomic mass is 32.1. The number of nitrogens with zero attached hydrogens (tertiary/aromatic N) is 1. The molecule has 0 saturated heterocycles. The molecule has 28 heavy (non-hydrogen) atoms. The molecule has 150 valence electrons. The summed E-state index contributed by atoms with van der Waals surface area (Å²) in [6.45, 7) is 5.07. The van der Waals surface area contributed by atoms with Gasteiger partial charge in [-0.3, -0.25) is 14.5 Å². The summed E-state index contributed by atoms with van der Waals surface area (Å²) >= 11 is 1.48. The van der Waals surface area contributed by atoms with E-state index in [2.05, 4.69) is 5.32 Å². The standard InChI is InChI=1S/C21H27N3O3S/c1-4-27-15-10-8-14(9-11-15)12-24(3)13(2)20(26)23-21-18(19(22)25)16-6-5-7-17(16)28-21/h8-11,13H,4-7,12H2,1-3H3,(H2,22,25)(H,23,26)/t13-/m0/s1. The van der Waals surface area contributed by atoms with Crippen LogP contribution in [0.3, 0.4) is 0 Å². The van der Waals surface area contributed by atoms with Crippen LogP contribution >= 0.6 is 11.3 Å². The third kappa shape index (κ3) is 4.36. The fourth-order valence-electron chi connectivity index (χ4n) is 3.45. The van der Waals surface area contributed by atoms with Gasteiger partial charge < -0.3 is 15.8 Å². The largest absolute Gasteiger partial charge is 0.494 e. The molecular formula is C21H27N3O3S. The number of benzene rings is 1. The number of thiophene rings is 1. The summed E-state index contributed by atoms with van der Waals surface area (Å²) in [6.07, 6.45) is 2.84. The lowest BCUT2D eigenvalue weighted by Crippen LogP contribution is -2.39. The lowest BCUT2D eigenvalue weighted by Gasteiger charge is -2.24. The molecule has 0 saturated carbocycles. The summed E-state index contributed by atoms with van der Waals surface area (Å²) in [5, 5.41) is 3.52. The molecule has 0 bridgehead atoms. The van der Waals surface area contributed by atoms with Crippen molar-refractivity contribution >= 4 is 28.2 Å². The molecule has 1 aromatic carbocycles. The van der Waals surface area contributed by atoms with E-state index >= 15 is 0 Å². The Hall–Kier alpha value is -2.38. The Labute approximate surface area is 169 Å². The maximum atomic E-state index is 12.8. The average molecular weight is 402 g/mol. The van der Waals surface area contributed by atoms with Gasteiger partial charge in [0.05, 0.1) is 18.2 Å². The van der Waals surface area contributed by atoms with Crippen molar-refractivity contribution in [1.29, 1.82) is 0 Å². The first-order valence-corrected chi connectivity index (χ1v) is 10.4. The van der Waals surface area contributed by atoms with Crippen LogP contribution in [0.25, 0.3) is 0 Å². The molecule has 1 heterocycles. The van der Waals surface area contributed by atoms with Gasteiger partial charge in [-0.15, -0.1) is 11.3 Å². The van der Waals surface area contributed by atoms with Gasteiger partial charge in [0.1, 0.15) is 10.8 Å². The molecule has 1 atom stereocenters. The third-order valence-electron chi connectivity index (χ3n) is 5.11. The van der Waals surface area contributed by atoms with Gasteiger partial charge in [-0.2, -0.15) is 0 Å². The van der Waals surface area contributed by atoms with Gasteiger partial charge in [0.2, 0.25) is 5.91 Å². The Bertz CT molecular complexity index is 861. The van der Waals surface area contributed by atoms with Crippen LogP contribution in [-0.4, -0.2) is 36.4 Å². The fourth-order valence-corrected chi connectivity index (χ4v) is 4.75. The lowest BCUT2D eigenvalue weighted by molar-refractivity contribution is -0.120. The molecule has 0 aliphatic heterocycles. The number of nitrogens with two attached hydrogens (primary N) is 1. The number of nitrogens with one attached hydrogen (secondary N) is 1. The molecular weight excluding hydrogens is 374 g/mol. The molecule has 0 fully saturated rings. The van der Waals surface area contributed by atoms with Gasteiger partial charge in [0.15, 0.2) is 0 Å². The SMILES string of the molecule is CCOc1ccc(CN(C)[C@@H](C)C(=O)Nc2sc3c(c2C(N)=O)CCC3)cc1. The highest BCUT2D eigenvalue weighted by molar-refractivity contribution is 7.17. The zero-order valence-electron chi connectivity index (χ0n) is 16.6. The summed E-state index contributed by atoms with van der Waals surface area (Å²) in [7, 11) is 1.91. The number of carbonyl (C=O) groups excluding carboxylic acids is 2. The highest BCUT2D eigenvalue weighted by Gasteiger charge is 2.27. The van der Waals surface area contributed by atoms with Crippen LogP contribution in [0.15, 0.2) is 24.3 Å². The van der Waals surface area contributed by atoms with Gasteiger partial charge in [0.25, 0.3) is 5.91 Å². The number of fused-ring (bicyclic) bond motifs is 1. The molecule has 2 aromatic rings. The van der Waals surface area contributed by atoms with Crippen molar-refractivity contribution in [2.75, 3.05) is 19.0 Å². The smallest absolute Gasteiger partial charge is 0.251 e. The van der Waals surface area contributed by atoms with Crippen LogP contribution in [0.4, 0.5) is 5.00 Å². The predicted octanol–water partition coefficient (Wildman–Crippen LogP) is 3.19. The van der Waals surface area contributed by atoms with E-state index in [1.54, 1.807) is 0 Å². The molecule has 1 aliphatic rings. The van der Waals surface area contributed by atoms with Crippen LogP contribution in [-0.2, 0) is 24.2 Å². The number of amides is 2. The Morgan fingerprint density at radius 2 is 2.00 bits per heavy atom. The summed E-state index contributed by atoms with van der Waals surface area (Å²) in [4.78, 5) is 27.8. The maximum Gasteiger partial charge on any atom is 0.251 e. The van der Waals surface area contributed by atoms with Crippen molar-refractivity contribution in [2.24, 2.45) is 5.73 Å². The molecule has 6 nitrogen and oxygen atoms in total. The molecule has 3 rings (SSSR count). The van der Waals surface area contributed by atoms with Crippen molar-refractivity contribution in [3.63, 3.8) is 0 Å². The van der Waals surface area contributed by atoms with E-state index in [4.69, 9.17) is 10.5 Å². The first kappa shape index (κ1) is 20.4. The second-order valence-corrected chi connectivity index (χ2v) is 8.19. The number of anilines is 1. The minimum absolute atomic E-state index is 0.143. The maximum absolute atomic E-state index is 12.8. The molecule has 1 aliphatic carbocycles. The van der Waals surface area contributed by atoms with E-state index in [-0.39, 0.29) is 11.9 Å². The van der Waals surface area contributed by atoms with Gasteiger partial charge in [0, 0.05) is 11.4 Å². The number of primary amides is 1. The zero-order valence-corrected chi connectivity index (χ0v) is 17.4. The zero-order chi connectivity index (χ0) is 20.3. The van der Waals surface area contributed by atoms with Crippen molar-refractivity contribution in [1.82, 2.24) is 4.90 Å². The molecule has 7 heteroatoms. The number of likely N-dealkylation sites (N-methyl/N-ethyl adjacent to an activating group) is 1. The molecule has 0 unspecified atom stereocenters. The Balaban J connectivity index is 1.65. The summed E-state index contributed by atoms with van der Waals surface area (Å²) in [5.41, 5.74) is 8.18. The number of aryl methyl sites for hydroxylation is 1. The third-order valence-corrected chi connectivity index (χ3v) is 6.32. The van der Waals surface area contributed by atoms with E-state index in [0.29, 0.717) is 23.7 Å². The number of carbonyl (C=O) groups is 2. The second-order valence-electron chi connectivity index (χ2n) is 7.08. The van der Waals surface area contributed by atoms with Crippen LogP contribution in [0, 0.1) is 0 Å². The molecule has 1 aromatic heterocycles. The van der Waals surface area contributed by atoms with E-state index in [0.717, 1.165) is 36.1 Å². The second kappa shape index (κ2) is 8.75. The molecule has 0 spiro atoms. The Morgan fingerprint density at radius 3 is 2.64 bits per heavy atom. The van der Waals surface area contributed by atoms with Gasteiger partial charge in [-0.05, 0) is 63.4 Å². The lowest BCUT2D eigenvalue weighted by atomic mass is 10.1. The quantitative estimate of drug-likeness (QED) is 0.711. The van der Waals surface area contributed by atoms with E-state index in [1.807, 2.05) is 50.1 Å². The van der Waals surface area contributed by atoms with Gasteiger partial charge in [-0.1, -0.05) is 12.1 Å². The van der Waals surface area contributed by atoms with Crippen molar-refractivity contribution in [3.8, 4) is 5.75 Å². The van der Waals surface area contributed by atoms with Crippen LogP contribution in [0.1, 0.15) is 46.6 Å². The fraction of sp³-hybridized carbons (Fsp3) is 0.429. The van der Waals surface area contributed by atoms with Crippen molar-refractivity contribution < 1.29 is 14.3 Å². The Kier molecular flexibility index (Phi) is 6.36. The number of hydrogen-bond acceptors (Lipinski definition) is 5. The van der Waals surface area contributed by atoms with Crippen LogP contribution in [0.5, 0.6) is 5.75 Å².